The number of imide groups is 1. The lowest BCUT2D eigenvalue weighted by molar-refractivity contribution is -0.321. The molecule has 47 heavy (non-hydrogen) atoms. The Hall–Kier alpha value is -4.30. The van der Waals surface area contributed by atoms with Crippen LogP contribution in [0.3, 0.4) is 0 Å². The van der Waals surface area contributed by atoms with Gasteiger partial charge in [0, 0.05) is 31.6 Å². The average Bonchev–Trinajstić information content (AvgIpc) is 3.86. The van der Waals surface area contributed by atoms with Crippen LogP contribution in [0.15, 0.2) is 54.2 Å². The van der Waals surface area contributed by atoms with E-state index in [0.717, 1.165) is 23.0 Å². The van der Waals surface area contributed by atoms with E-state index in [1.165, 1.54) is 11.3 Å². The number of carbonyl (C=O) groups is 4. The Bertz CT molecular complexity index is 1710. The molecule has 1 unspecified atom stereocenters. The van der Waals surface area contributed by atoms with Crippen LogP contribution in [0.1, 0.15) is 73.2 Å². The molecular formula is C34H37N6O6S+. The number of fused-ring (bicyclic) bond motifs is 2. The zero-order valence-corrected chi connectivity index (χ0v) is 26.9. The van der Waals surface area contributed by atoms with Gasteiger partial charge in [-0.2, -0.15) is 0 Å². The van der Waals surface area contributed by atoms with Gasteiger partial charge in [0.05, 0.1) is 24.3 Å². The highest BCUT2D eigenvalue weighted by molar-refractivity contribution is 7.11. The van der Waals surface area contributed by atoms with E-state index in [9.17, 15) is 24.3 Å². The topological polar surface area (TPSA) is 135 Å². The Labute approximate surface area is 276 Å². The summed E-state index contributed by atoms with van der Waals surface area (Å²) in [6, 6.07) is 11.1. The van der Waals surface area contributed by atoms with Crippen molar-refractivity contribution in [3.63, 3.8) is 0 Å². The second-order valence-electron chi connectivity index (χ2n) is 12.3. The van der Waals surface area contributed by atoms with Gasteiger partial charge in [0.2, 0.25) is 5.91 Å². The molecule has 0 radical (unpaired) electrons. The van der Waals surface area contributed by atoms with Crippen molar-refractivity contribution in [3.8, 4) is 5.75 Å². The summed E-state index contributed by atoms with van der Waals surface area (Å²) in [5.41, 5.74) is 3.94. The van der Waals surface area contributed by atoms with Gasteiger partial charge in [-0.05, 0) is 50.1 Å². The van der Waals surface area contributed by atoms with E-state index >= 15 is 0 Å². The minimum atomic E-state index is -0.989. The zero-order chi connectivity index (χ0) is 32.7. The summed E-state index contributed by atoms with van der Waals surface area (Å²) in [5, 5.41) is 13.6. The van der Waals surface area contributed by atoms with E-state index in [1.807, 2.05) is 18.2 Å². The Balaban J connectivity index is 1.25. The Kier molecular flexibility index (Phi) is 8.71. The third-order valence-corrected chi connectivity index (χ3v) is 10.3. The largest absolute Gasteiger partial charge is 0.488 e. The Morgan fingerprint density at radius 2 is 1.85 bits per heavy atom. The number of rotatable bonds is 7. The molecule has 4 amide bonds. The van der Waals surface area contributed by atoms with Crippen LogP contribution in [-0.2, 0) is 11.2 Å². The fourth-order valence-corrected chi connectivity index (χ4v) is 7.79. The predicted octanol–water partition coefficient (Wildman–Crippen LogP) is 2.29. The number of nitrogens with one attached hydrogen (secondary N) is 1. The molecule has 1 aromatic heterocycles. The molecule has 0 spiro atoms. The number of thiazole rings is 1. The molecule has 2 saturated heterocycles. The second kappa shape index (κ2) is 13.1. The summed E-state index contributed by atoms with van der Waals surface area (Å²) in [5.74, 6) is -0.601. The van der Waals surface area contributed by atoms with Gasteiger partial charge in [0.25, 0.3) is 5.91 Å². The van der Waals surface area contributed by atoms with Gasteiger partial charge in [-0.25, -0.2) is 9.59 Å². The van der Waals surface area contributed by atoms with Crippen molar-refractivity contribution in [1.29, 1.82) is 0 Å². The summed E-state index contributed by atoms with van der Waals surface area (Å²) in [6.45, 7) is 1.86. The van der Waals surface area contributed by atoms with Gasteiger partial charge >= 0.3 is 11.8 Å². The van der Waals surface area contributed by atoms with Crippen LogP contribution < -0.4 is 10.1 Å². The van der Waals surface area contributed by atoms with Crippen molar-refractivity contribution >= 4 is 41.2 Å². The number of ether oxygens (including phenoxy) is 1. The number of nitrogens with zero attached hydrogens (tertiary/aromatic N) is 5. The molecule has 4 atom stereocenters. The molecular weight excluding hydrogens is 620 g/mol. The van der Waals surface area contributed by atoms with Crippen LogP contribution in [-0.4, -0.2) is 111 Å². The Morgan fingerprint density at radius 3 is 2.57 bits per heavy atom. The smallest absolute Gasteiger partial charge is 0.428 e. The average molecular weight is 658 g/mol. The minimum absolute atomic E-state index is 0.0805. The first-order valence-corrected chi connectivity index (χ1v) is 16.9. The molecule has 3 aromatic rings. The van der Waals surface area contributed by atoms with Gasteiger partial charge in [-0.15, -0.1) is 11.3 Å². The molecule has 244 valence electrons. The maximum Gasteiger partial charge on any atom is 0.428 e. The number of benzene rings is 2. The molecule has 4 aliphatic heterocycles. The third kappa shape index (κ3) is 5.77. The molecule has 0 saturated carbocycles. The molecule has 7 rings (SSSR count). The fourth-order valence-electron chi connectivity index (χ4n) is 7.20. The van der Waals surface area contributed by atoms with E-state index in [-0.39, 0.29) is 17.9 Å². The second-order valence-corrected chi connectivity index (χ2v) is 13.2. The third-order valence-electron chi connectivity index (χ3n) is 9.58. The summed E-state index contributed by atoms with van der Waals surface area (Å²) in [4.78, 5) is 64.5. The summed E-state index contributed by atoms with van der Waals surface area (Å²) < 4.78 is 7.74. The standard InChI is InChI=1S/C34H37N6O6S/c1-35-34(45)39-14-5-4-10-25(39)32(43)38-16-12-21-7-6-11-27(46-22-13-15-37(18-22)33(44)28-17-36-20-47-28)29(21)26(38)19-40-30(41)23-8-2-3-9-24(23)31(40)42/h2-3,6-9,11,17,19-20,22,25-26,34-35,45H,4-5,10,12-16,18H2,1H3/q+1/t22-,25-,26+,34?/m0/s1. The molecule has 12 nitrogen and oxygen atoms in total. The molecule has 2 aromatic carbocycles. The summed E-state index contributed by atoms with van der Waals surface area (Å²) in [6.07, 6.45) is 5.30. The number of aliphatic hydroxyl groups excluding tert-OH is 1. The first-order valence-electron chi connectivity index (χ1n) is 16.1. The van der Waals surface area contributed by atoms with Crippen molar-refractivity contribution in [2.24, 2.45) is 0 Å². The first kappa shape index (κ1) is 31.3. The van der Waals surface area contributed by atoms with Crippen LogP contribution in [0, 0.1) is 0 Å². The minimum Gasteiger partial charge on any atom is -0.488 e. The molecule has 13 heteroatoms. The lowest BCUT2D eigenvalue weighted by Gasteiger charge is -2.42. The van der Waals surface area contributed by atoms with E-state index in [4.69, 9.17) is 4.74 Å². The molecule has 0 bridgehead atoms. The quantitative estimate of drug-likeness (QED) is 0.223. The first-order chi connectivity index (χ1) is 22.9. The number of piperidine rings is 1. The van der Waals surface area contributed by atoms with Crippen molar-refractivity contribution in [2.75, 3.05) is 33.2 Å². The summed E-state index contributed by atoms with van der Waals surface area (Å²) >= 11 is 1.30. The highest BCUT2D eigenvalue weighted by Crippen LogP contribution is 2.39. The van der Waals surface area contributed by atoms with Crippen molar-refractivity contribution in [3.05, 3.63) is 81.3 Å². The van der Waals surface area contributed by atoms with Gasteiger partial charge in [-0.3, -0.25) is 24.8 Å². The van der Waals surface area contributed by atoms with Gasteiger partial charge in [-0.1, -0.05) is 35.3 Å². The lowest BCUT2D eigenvalue weighted by Crippen LogP contribution is -2.59. The van der Waals surface area contributed by atoms with Crippen LogP contribution in [0.5, 0.6) is 5.75 Å². The summed E-state index contributed by atoms with van der Waals surface area (Å²) in [7, 11) is 1.65. The number of carbonyl (C=O) groups excluding carboxylic acids is 4. The molecule has 5 heterocycles. The number of aromatic nitrogens is 1. The van der Waals surface area contributed by atoms with Crippen molar-refractivity contribution in [1.82, 2.24) is 25.0 Å². The maximum absolute atomic E-state index is 14.5. The molecule has 2 N–H and O–H groups in total. The number of hydrogen-bond donors (Lipinski definition) is 2. The highest BCUT2D eigenvalue weighted by Gasteiger charge is 2.46. The SMILES string of the molecule is CNC(O)N1CCCC[C@H]1C(=O)N1CCc2cccc(O[C@H]3CCN(C(=O)c4cncs4)C3)c2[C@H]1C=[N+]1C(=O)c2ccccc2C1=O. The van der Waals surface area contributed by atoms with Gasteiger partial charge in [0.1, 0.15) is 33.9 Å². The number of likely N-dealkylation sites (tertiary alicyclic amines) is 2. The molecule has 2 fully saturated rings. The van der Waals surface area contributed by atoms with Gasteiger partial charge < -0.3 is 19.6 Å². The predicted molar refractivity (Wildman–Crippen MR) is 172 cm³/mol. The Morgan fingerprint density at radius 1 is 1.06 bits per heavy atom. The maximum atomic E-state index is 14.5. The van der Waals surface area contributed by atoms with Crippen LogP contribution in [0.4, 0.5) is 0 Å². The van der Waals surface area contributed by atoms with E-state index < -0.39 is 30.2 Å². The molecule has 4 aliphatic rings. The highest BCUT2D eigenvalue weighted by atomic mass is 32.1. The van der Waals surface area contributed by atoms with E-state index in [1.54, 1.807) is 63.9 Å². The number of amides is 4. The monoisotopic (exact) mass is 657 g/mol. The number of aliphatic hydroxyl groups is 1. The van der Waals surface area contributed by atoms with Gasteiger partial charge in [0.15, 0.2) is 12.6 Å². The lowest BCUT2D eigenvalue weighted by atomic mass is 9.90. The zero-order valence-electron chi connectivity index (χ0n) is 26.1. The fraction of sp³-hybridized carbons (Fsp3) is 0.412. The van der Waals surface area contributed by atoms with E-state index in [2.05, 4.69) is 10.3 Å². The van der Waals surface area contributed by atoms with Crippen molar-refractivity contribution < 1.29 is 33.6 Å². The normalized spacial score (nSPS) is 23.4. The number of hydrogen-bond acceptors (Lipinski definition) is 10. The van der Waals surface area contributed by atoms with Crippen LogP contribution in [0.2, 0.25) is 0 Å². The van der Waals surface area contributed by atoms with Crippen LogP contribution in [0.25, 0.3) is 0 Å². The van der Waals surface area contributed by atoms with E-state index in [0.29, 0.717) is 72.8 Å². The molecule has 0 aliphatic carbocycles. The van der Waals surface area contributed by atoms with Crippen molar-refractivity contribution in [2.45, 2.75) is 56.6 Å². The van der Waals surface area contributed by atoms with Crippen LogP contribution >= 0.6 is 11.3 Å².